The first-order chi connectivity index (χ1) is 8.13. The molecule has 4 heteroatoms. The van der Waals surface area contributed by atoms with Crippen molar-refractivity contribution in [2.75, 3.05) is 13.2 Å². The molecule has 0 saturated heterocycles. The van der Waals surface area contributed by atoms with E-state index in [1.165, 1.54) is 0 Å². The maximum atomic E-state index is 11.1. The minimum atomic E-state index is -0.774. The molecule has 17 heavy (non-hydrogen) atoms. The molecule has 3 N–H and O–H groups in total. The lowest BCUT2D eigenvalue weighted by atomic mass is 9.87. The van der Waals surface area contributed by atoms with Gasteiger partial charge in [0, 0.05) is 18.6 Å². The monoisotopic (exact) mass is 243 g/mol. The van der Waals surface area contributed by atoms with Crippen LogP contribution in [0, 0.1) is 5.41 Å². The second kappa shape index (κ2) is 6.97. The molecule has 1 unspecified atom stereocenters. The summed E-state index contributed by atoms with van der Waals surface area (Å²) < 4.78 is 0. The number of hydrogen-bond acceptors (Lipinski definition) is 3. The summed E-state index contributed by atoms with van der Waals surface area (Å²) in [5.74, 6) is -0.774. The van der Waals surface area contributed by atoms with Crippen LogP contribution in [0.4, 0.5) is 0 Å². The first-order valence-corrected chi connectivity index (χ1v) is 6.70. The van der Waals surface area contributed by atoms with Gasteiger partial charge in [0.05, 0.1) is 0 Å². The first kappa shape index (κ1) is 14.5. The smallest absolute Gasteiger partial charge is 0.320 e. The predicted molar refractivity (Wildman–Crippen MR) is 66.9 cm³/mol. The summed E-state index contributed by atoms with van der Waals surface area (Å²) in [6.07, 6.45) is 6.93. The van der Waals surface area contributed by atoms with Crippen LogP contribution in [0.15, 0.2) is 0 Å². The molecular formula is C13H25NO3. The lowest BCUT2D eigenvalue weighted by Gasteiger charge is -2.28. The highest BCUT2D eigenvalue weighted by molar-refractivity contribution is 5.73. The van der Waals surface area contributed by atoms with Crippen LogP contribution in [0.2, 0.25) is 0 Å². The van der Waals surface area contributed by atoms with Crippen molar-refractivity contribution in [1.29, 1.82) is 0 Å². The fraction of sp³-hybridized carbons (Fsp3) is 0.923. The number of nitrogens with one attached hydrogen (secondary N) is 1. The van der Waals surface area contributed by atoms with Gasteiger partial charge in [-0.25, -0.2) is 0 Å². The van der Waals surface area contributed by atoms with E-state index in [0.29, 0.717) is 13.0 Å². The zero-order chi connectivity index (χ0) is 12.7. The van der Waals surface area contributed by atoms with Crippen LogP contribution in [0.1, 0.15) is 51.9 Å². The molecule has 0 aromatic rings. The van der Waals surface area contributed by atoms with E-state index in [1.807, 2.05) is 0 Å². The van der Waals surface area contributed by atoms with Gasteiger partial charge in [0.25, 0.3) is 0 Å². The zero-order valence-electron chi connectivity index (χ0n) is 10.7. The van der Waals surface area contributed by atoms with E-state index in [-0.39, 0.29) is 12.0 Å². The molecule has 100 valence electrons. The average molecular weight is 243 g/mol. The Hall–Kier alpha value is -0.610. The van der Waals surface area contributed by atoms with Crippen LogP contribution in [-0.4, -0.2) is 35.4 Å². The predicted octanol–water partition coefficient (Wildman–Crippen LogP) is 1.77. The van der Waals surface area contributed by atoms with E-state index in [2.05, 4.69) is 12.2 Å². The Bertz CT molecular complexity index is 237. The fourth-order valence-electron chi connectivity index (χ4n) is 2.58. The van der Waals surface area contributed by atoms with Gasteiger partial charge in [-0.2, -0.15) is 0 Å². The number of hydrogen-bond donors (Lipinski definition) is 3. The third kappa shape index (κ3) is 4.28. The van der Waals surface area contributed by atoms with Crippen molar-refractivity contribution >= 4 is 5.97 Å². The second-order valence-corrected chi connectivity index (χ2v) is 5.28. The highest BCUT2D eigenvalue weighted by Gasteiger charge is 2.34. The lowest BCUT2D eigenvalue weighted by Crippen LogP contribution is -2.44. The number of aliphatic carboxylic acids is 1. The molecule has 0 spiro atoms. The fourth-order valence-corrected chi connectivity index (χ4v) is 2.58. The van der Waals surface area contributed by atoms with E-state index in [1.54, 1.807) is 0 Å². The van der Waals surface area contributed by atoms with Gasteiger partial charge in [0.2, 0.25) is 0 Å². The molecule has 1 saturated carbocycles. The van der Waals surface area contributed by atoms with Crippen LogP contribution in [0.25, 0.3) is 0 Å². The molecular weight excluding hydrogens is 218 g/mol. The molecule has 0 aliphatic heterocycles. The van der Waals surface area contributed by atoms with E-state index in [4.69, 9.17) is 5.11 Å². The Kier molecular flexibility index (Phi) is 5.92. The molecule has 1 aliphatic rings. The SMILES string of the molecule is CCCCC(NCC1(CO)CCCC1)C(=O)O. The molecule has 0 aromatic heterocycles. The third-order valence-electron chi connectivity index (χ3n) is 3.87. The van der Waals surface area contributed by atoms with Gasteiger partial charge in [-0.3, -0.25) is 4.79 Å². The minimum Gasteiger partial charge on any atom is -0.480 e. The average Bonchev–Trinajstić information content (AvgIpc) is 2.78. The number of rotatable bonds is 8. The van der Waals surface area contributed by atoms with Gasteiger partial charge in [-0.1, -0.05) is 32.6 Å². The van der Waals surface area contributed by atoms with E-state index < -0.39 is 12.0 Å². The van der Waals surface area contributed by atoms with E-state index in [9.17, 15) is 9.90 Å². The van der Waals surface area contributed by atoms with Gasteiger partial charge < -0.3 is 15.5 Å². The maximum absolute atomic E-state index is 11.1. The topological polar surface area (TPSA) is 69.6 Å². The Morgan fingerprint density at radius 2 is 2.06 bits per heavy atom. The first-order valence-electron chi connectivity index (χ1n) is 6.70. The molecule has 4 nitrogen and oxygen atoms in total. The molecule has 0 amide bonds. The summed E-state index contributed by atoms with van der Waals surface area (Å²) in [6, 6.07) is -0.459. The van der Waals surface area contributed by atoms with E-state index in [0.717, 1.165) is 38.5 Å². The molecule has 0 bridgehead atoms. The molecule has 1 atom stereocenters. The summed E-state index contributed by atoms with van der Waals surface area (Å²) >= 11 is 0. The zero-order valence-corrected chi connectivity index (χ0v) is 10.7. The quantitative estimate of drug-likeness (QED) is 0.607. The van der Waals surface area contributed by atoms with Crippen molar-refractivity contribution in [3.05, 3.63) is 0 Å². The Balaban J connectivity index is 2.41. The van der Waals surface area contributed by atoms with Gasteiger partial charge in [-0.05, 0) is 19.3 Å². The summed E-state index contributed by atoms with van der Waals surface area (Å²) in [4.78, 5) is 11.1. The number of aliphatic hydroxyl groups excluding tert-OH is 1. The number of aliphatic hydroxyl groups is 1. The molecule has 0 heterocycles. The van der Waals surface area contributed by atoms with Crippen LogP contribution < -0.4 is 5.32 Å². The third-order valence-corrected chi connectivity index (χ3v) is 3.87. The molecule has 1 fully saturated rings. The van der Waals surface area contributed by atoms with Gasteiger partial charge in [0.1, 0.15) is 6.04 Å². The van der Waals surface area contributed by atoms with Gasteiger partial charge in [-0.15, -0.1) is 0 Å². The standard InChI is InChI=1S/C13H25NO3/c1-2-3-6-11(12(16)17)14-9-13(10-15)7-4-5-8-13/h11,14-15H,2-10H2,1H3,(H,16,17). The van der Waals surface area contributed by atoms with Crippen LogP contribution in [0.5, 0.6) is 0 Å². The Labute approximate surface area is 103 Å². The van der Waals surface area contributed by atoms with Crippen LogP contribution >= 0.6 is 0 Å². The highest BCUT2D eigenvalue weighted by atomic mass is 16.4. The molecule has 0 aromatic carbocycles. The summed E-state index contributed by atoms with van der Waals surface area (Å²) in [6.45, 7) is 2.86. The van der Waals surface area contributed by atoms with Gasteiger partial charge in [0.15, 0.2) is 0 Å². The number of unbranched alkanes of at least 4 members (excludes halogenated alkanes) is 1. The van der Waals surface area contributed by atoms with Crippen molar-refractivity contribution in [1.82, 2.24) is 5.32 Å². The Morgan fingerprint density at radius 3 is 2.53 bits per heavy atom. The van der Waals surface area contributed by atoms with E-state index >= 15 is 0 Å². The van der Waals surface area contributed by atoms with Crippen LogP contribution in [-0.2, 0) is 4.79 Å². The number of carboxylic acid groups (broad SMARTS) is 1. The lowest BCUT2D eigenvalue weighted by molar-refractivity contribution is -0.139. The highest BCUT2D eigenvalue weighted by Crippen LogP contribution is 2.37. The van der Waals surface area contributed by atoms with Gasteiger partial charge >= 0.3 is 5.97 Å². The van der Waals surface area contributed by atoms with Crippen molar-refractivity contribution in [2.45, 2.75) is 57.9 Å². The van der Waals surface area contributed by atoms with Crippen LogP contribution in [0.3, 0.4) is 0 Å². The largest absolute Gasteiger partial charge is 0.480 e. The Morgan fingerprint density at radius 1 is 1.41 bits per heavy atom. The second-order valence-electron chi connectivity index (χ2n) is 5.28. The summed E-state index contributed by atoms with van der Waals surface area (Å²) in [5.41, 5.74) is -0.0695. The van der Waals surface area contributed by atoms with Crippen molar-refractivity contribution in [2.24, 2.45) is 5.41 Å². The van der Waals surface area contributed by atoms with Crippen molar-refractivity contribution in [3.8, 4) is 0 Å². The van der Waals surface area contributed by atoms with Crippen molar-refractivity contribution < 1.29 is 15.0 Å². The molecule has 1 rings (SSSR count). The minimum absolute atomic E-state index is 0.0695. The molecule has 1 aliphatic carbocycles. The van der Waals surface area contributed by atoms with Crippen molar-refractivity contribution in [3.63, 3.8) is 0 Å². The molecule has 0 radical (unpaired) electrons. The number of carboxylic acids is 1. The summed E-state index contributed by atoms with van der Waals surface area (Å²) in [7, 11) is 0. The number of carbonyl (C=O) groups is 1. The summed E-state index contributed by atoms with van der Waals surface area (Å²) in [5, 5.41) is 21.7. The maximum Gasteiger partial charge on any atom is 0.320 e. The normalized spacial score (nSPS) is 20.4.